The summed E-state index contributed by atoms with van der Waals surface area (Å²) in [6, 6.07) is 21.2. The molecule has 0 aliphatic carbocycles. The molecule has 0 aliphatic heterocycles. The first-order valence-corrected chi connectivity index (χ1v) is 6.86. The van der Waals surface area contributed by atoms with E-state index in [-0.39, 0.29) is 5.75 Å². The first-order valence-electron chi connectivity index (χ1n) is 6.86. The van der Waals surface area contributed by atoms with E-state index in [1.54, 1.807) is 36.4 Å². The lowest BCUT2D eigenvalue weighted by Gasteiger charge is -2.10. The number of hydrogen-bond donors (Lipinski definition) is 2. The summed E-state index contributed by atoms with van der Waals surface area (Å²) in [6.07, 6.45) is 0. The molecular weight excluding hydrogens is 279 g/mol. The number of hydrogen-bond acceptors (Lipinski definition) is 3. The van der Waals surface area contributed by atoms with Gasteiger partial charge in [-0.2, -0.15) is 0 Å². The minimum atomic E-state index is -0.433. The van der Waals surface area contributed by atoms with Gasteiger partial charge in [-0.25, -0.2) is 4.39 Å². The maximum Gasteiger partial charge on any atom is 0.167 e. The van der Waals surface area contributed by atoms with Crippen LogP contribution in [0.5, 0.6) is 11.5 Å². The Morgan fingerprint density at radius 1 is 0.818 bits per heavy atom. The molecule has 3 aromatic rings. The quantitative estimate of drug-likeness (QED) is 0.670. The molecule has 0 aliphatic rings. The van der Waals surface area contributed by atoms with Crippen molar-refractivity contribution in [1.82, 2.24) is 0 Å². The van der Waals surface area contributed by atoms with Gasteiger partial charge in [-0.05, 0) is 48.5 Å². The number of para-hydroxylation sites is 1. The van der Waals surface area contributed by atoms with Crippen molar-refractivity contribution in [1.29, 1.82) is 0 Å². The average molecular weight is 294 g/mol. The third-order valence-electron chi connectivity index (χ3n) is 3.10. The Morgan fingerprint density at radius 3 is 2.23 bits per heavy atom. The fourth-order valence-electron chi connectivity index (χ4n) is 2.01. The lowest BCUT2D eigenvalue weighted by molar-refractivity contribution is 0.442. The topological polar surface area (TPSA) is 47.3 Å². The second kappa shape index (κ2) is 6.18. The van der Waals surface area contributed by atoms with Crippen LogP contribution < -0.4 is 15.8 Å². The van der Waals surface area contributed by atoms with Crippen molar-refractivity contribution in [2.75, 3.05) is 11.1 Å². The monoisotopic (exact) mass is 294 g/mol. The van der Waals surface area contributed by atoms with Gasteiger partial charge in [0.1, 0.15) is 5.75 Å². The van der Waals surface area contributed by atoms with E-state index in [1.165, 1.54) is 6.07 Å². The van der Waals surface area contributed by atoms with Crippen LogP contribution in [0.15, 0.2) is 72.8 Å². The number of ether oxygens (including phenoxy) is 1. The van der Waals surface area contributed by atoms with Gasteiger partial charge in [0.2, 0.25) is 0 Å². The van der Waals surface area contributed by atoms with Gasteiger partial charge in [-0.1, -0.05) is 18.2 Å². The number of anilines is 3. The van der Waals surface area contributed by atoms with Crippen LogP contribution in [-0.2, 0) is 0 Å². The molecular formula is C18H15FN2O. The fraction of sp³-hybridized carbons (Fsp3) is 0. The zero-order chi connectivity index (χ0) is 15.4. The van der Waals surface area contributed by atoms with E-state index in [0.717, 1.165) is 5.69 Å². The molecule has 0 fully saturated rings. The van der Waals surface area contributed by atoms with Crippen LogP contribution in [0.1, 0.15) is 0 Å². The first-order chi connectivity index (χ1) is 10.7. The van der Waals surface area contributed by atoms with Crippen LogP contribution in [0, 0.1) is 5.82 Å². The van der Waals surface area contributed by atoms with Gasteiger partial charge >= 0.3 is 0 Å². The van der Waals surface area contributed by atoms with Crippen molar-refractivity contribution in [3.05, 3.63) is 78.6 Å². The number of nitrogens with one attached hydrogen (secondary N) is 1. The van der Waals surface area contributed by atoms with Gasteiger partial charge in [-0.15, -0.1) is 0 Å². The summed E-state index contributed by atoms with van der Waals surface area (Å²) >= 11 is 0. The molecule has 3 N–H and O–H groups in total. The normalized spacial score (nSPS) is 10.2. The molecule has 22 heavy (non-hydrogen) atoms. The molecule has 0 saturated carbocycles. The third kappa shape index (κ3) is 3.35. The van der Waals surface area contributed by atoms with Crippen LogP contribution in [0.2, 0.25) is 0 Å². The molecule has 0 spiro atoms. The second-order valence-corrected chi connectivity index (χ2v) is 4.81. The Hall–Kier alpha value is -3.01. The lowest BCUT2D eigenvalue weighted by atomic mass is 10.2. The van der Waals surface area contributed by atoms with Crippen LogP contribution in [0.4, 0.5) is 21.5 Å². The maximum atomic E-state index is 14.1. The zero-order valence-electron chi connectivity index (χ0n) is 11.8. The van der Waals surface area contributed by atoms with Crippen molar-refractivity contribution in [3.63, 3.8) is 0 Å². The predicted molar refractivity (Wildman–Crippen MR) is 87.1 cm³/mol. The van der Waals surface area contributed by atoms with Crippen molar-refractivity contribution in [2.24, 2.45) is 0 Å². The summed E-state index contributed by atoms with van der Waals surface area (Å²) in [5, 5.41) is 3.13. The summed E-state index contributed by atoms with van der Waals surface area (Å²) in [5.41, 5.74) is 7.80. The summed E-state index contributed by atoms with van der Waals surface area (Å²) in [6.45, 7) is 0. The summed E-state index contributed by atoms with van der Waals surface area (Å²) in [4.78, 5) is 0. The van der Waals surface area contributed by atoms with Gasteiger partial charge in [0.25, 0.3) is 0 Å². The van der Waals surface area contributed by atoms with E-state index < -0.39 is 5.82 Å². The zero-order valence-corrected chi connectivity index (χ0v) is 11.8. The second-order valence-electron chi connectivity index (χ2n) is 4.81. The summed E-state index contributed by atoms with van der Waals surface area (Å²) < 4.78 is 19.6. The van der Waals surface area contributed by atoms with Crippen LogP contribution >= 0.6 is 0 Å². The van der Waals surface area contributed by atoms with Crippen LogP contribution in [0.3, 0.4) is 0 Å². The van der Waals surface area contributed by atoms with Crippen molar-refractivity contribution < 1.29 is 9.13 Å². The number of nitrogens with two attached hydrogens (primary N) is 1. The standard InChI is InChI=1S/C18H15FN2O/c19-17-12-15(21-14-4-2-1-3-5-14)8-11-18(17)22-16-9-6-13(20)7-10-16/h1-12,21H,20H2. The molecule has 110 valence electrons. The third-order valence-corrected chi connectivity index (χ3v) is 3.10. The van der Waals surface area contributed by atoms with E-state index in [4.69, 9.17) is 10.5 Å². The number of benzene rings is 3. The largest absolute Gasteiger partial charge is 0.454 e. The van der Waals surface area contributed by atoms with E-state index >= 15 is 0 Å². The van der Waals surface area contributed by atoms with E-state index in [0.29, 0.717) is 17.1 Å². The van der Waals surface area contributed by atoms with E-state index in [1.807, 2.05) is 30.3 Å². The van der Waals surface area contributed by atoms with Crippen molar-refractivity contribution >= 4 is 17.1 Å². The molecule has 0 saturated heterocycles. The van der Waals surface area contributed by atoms with Gasteiger partial charge in [0, 0.05) is 23.1 Å². The van der Waals surface area contributed by atoms with Gasteiger partial charge in [-0.3, -0.25) is 0 Å². The molecule has 3 aromatic carbocycles. The molecule has 0 amide bonds. The number of rotatable bonds is 4. The van der Waals surface area contributed by atoms with Gasteiger partial charge in [0.05, 0.1) is 0 Å². The Bertz CT molecular complexity index is 758. The average Bonchev–Trinajstić information content (AvgIpc) is 2.53. The molecule has 3 rings (SSSR count). The molecule has 0 radical (unpaired) electrons. The predicted octanol–water partition coefficient (Wildman–Crippen LogP) is 4.94. The Morgan fingerprint density at radius 2 is 1.55 bits per heavy atom. The van der Waals surface area contributed by atoms with E-state index in [9.17, 15) is 4.39 Å². The van der Waals surface area contributed by atoms with Gasteiger partial charge in [0.15, 0.2) is 11.6 Å². The number of halogens is 1. The Labute approximate surface area is 128 Å². The highest BCUT2D eigenvalue weighted by atomic mass is 19.1. The highest BCUT2D eigenvalue weighted by molar-refractivity contribution is 5.60. The van der Waals surface area contributed by atoms with Crippen LogP contribution in [0.25, 0.3) is 0 Å². The smallest absolute Gasteiger partial charge is 0.167 e. The molecule has 0 atom stereocenters. The number of nitrogen functional groups attached to an aromatic ring is 1. The molecule has 3 nitrogen and oxygen atoms in total. The van der Waals surface area contributed by atoms with E-state index in [2.05, 4.69) is 5.32 Å². The highest BCUT2D eigenvalue weighted by Crippen LogP contribution is 2.28. The minimum absolute atomic E-state index is 0.170. The summed E-state index contributed by atoms with van der Waals surface area (Å²) in [5.74, 6) is 0.276. The summed E-state index contributed by atoms with van der Waals surface area (Å²) in [7, 11) is 0. The molecule has 0 bridgehead atoms. The van der Waals surface area contributed by atoms with Crippen molar-refractivity contribution in [3.8, 4) is 11.5 Å². The van der Waals surface area contributed by atoms with Crippen molar-refractivity contribution in [2.45, 2.75) is 0 Å². The molecule has 0 unspecified atom stereocenters. The minimum Gasteiger partial charge on any atom is -0.454 e. The van der Waals surface area contributed by atoms with Gasteiger partial charge < -0.3 is 15.8 Å². The Kier molecular flexibility index (Phi) is 3.92. The fourth-order valence-corrected chi connectivity index (χ4v) is 2.01. The lowest BCUT2D eigenvalue weighted by Crippen LogP contribution is -1.93. The van der Waals surface area contributed by atoms with Crippen LogP contribution in [-0.4, -0.2) is 0 Å². The SMILES string of the molecule is Nc1ccc(Oc2ccc(Nc3ccccc3)cc2F)cc1. The maximum absolute atomic E-state index is 14.1. The Balaban J connectivity index is 1.76. The molecule has 0 aromatic heterocycles. The first kappa shape index (κ1) is 13.9. The molecule has 0 heterocycles. The molecule has 4 heteroatoms. The highest BCUT2D eigenvalue weighted by Gasteiger charge is 2.06.